The molecule has 2 heterocycles. The van der Waals surface area contributed by atoms with E-state index in [9.17, 15) is 8.42 Å². The summed E-state index contributed by atoms with van der Waals surface area (Å²) < 4.78 is 27.6. The Morgan fingerprint density at radius 3 is 2.68 bits per heavy atom. The molecule has 0 aliphatic carbocycles. The van der Waals surface area contributed by atoms with Crippen LogP contribution in [0, 0.1) is 5.92 Å². The molecule has 5 nitrogen and oxygen atoms in total. The highest BCUT2D eigenvalue weighted by atomic mass is 32.2. The highest BCUT2D eigenvalue weighted by Crippen LogP contribution is 2.28. The van der Waals surface area contributed by atoms with Crippen LogP contribution in [-0.2, 0) is 16.3 Å². The van der Waals surface area contributed by atoms with Crippen molar-refractivity contribution in [2.45, 2.75) is 38.9 Å². The molecule has 1 saturated heterocycles. The first kappa shape index (κ1) is 14.7. The van der Waals surface area contributed by atoms with E-state index in [0.29, 0.717) is 19.0 Å². The number of hydrogen-bond acceptors (Lipinski definition) is 6. The maximum Gasteiger partial charge on any atom is 0.205 e. The summed E-state index contributed by atoms with van der Waals surface area (Å²) in [6.45, 7) is 8.84. The van der Waals surface area contributed by atoms with Gasteiger partial charge in [-0.05, 0) is 19.8 Å². The largest absolute Gasteiger partial charge is 0.344 e. The van der Waals surface area contributed by atoms with Gasteiger partial charge < -0.3 is 4.90 Å². The molecule has 0 atom stereocenters. The Labute approximate surface area is 119 Å². The molecular weight excluding hydrogens is 282 g/mol. The van der Waals surface area contributed by atoms with Crippen molar-refractivity contribution < 1.29 is 8.42 Å². The smallest absolute Gasteiger partial charge is 0.205 e. The average molecular weight is 303 g/mol. The summed E-state index contributed by atoms with van der Waals surface area (Å²) in [5, 5.41) is 0.846. The maximum absolute atomic E-state index is 12.0. The van der Waals surface area contributed by atoms with Gasteiger partial charge in [0.25, 0.3) is 0 Å². The zero-order chi connectivity index (χ0) is 14.3. The molecule has 108 valence electrons. The van der Waals surface area contributed by atoms with E-state index >= 15 is 0 Å². The molecule has 0 unspecified atom stereocenters. The van der Waals surface area contributed by atoms with Gasteiger partial charge in [-0.15, -0.1) is 0 Å². The Morgan fingerprint density at radius 2 is 2.11 bits per heavy atom. The number of anilines is 1. The van der Waals surface area contributed by atoms with Crippen LogP contribution in [0.3, 0.4) is 0 Å². The summed E-state index contributed by atoms with van der Waals surface area (Å²) in [6, 6.07) is 0. The van der Waals surface area contributed by atoms with Crippen molar-refractivity contribution >= 4 is 26.5 Å². The van der Waals surface area contributed by atoms with Crippen molar-refractivity contribution in [3.05, 3.63) is 5.82 Å². The topological polar surface area (TPSA) is 63.2 Å². The molecule has 1 aliphatic rings. The van der Waals surface area contributed by atoms with E-state index < -0.39 is 14.6 Å². The van der Waals surface area contributed by atoms with E-state index in [1.807, 2.05) is 4.90 Å². The van der Waals surface area contributed by atoms with E-state index in [1.165, 1.54) is 11.5 Å². The summed E-state index contributed by atoms with van der Waals surface area (Å²) >= 11 is 1.37. The molecule has 0 amide bonds. The number of aromatic nitrogens is 2. The van der Waals surface area contributed by atoms with Gasteiger partial charge >= 0.3 is 0 Å². The van der Waals surface area contributed by atoms with Crippen molar-refractivity contribution in [1.29, 1.82) is 0 Å². The van der Waals surface area contributed by atoms with Crippen molar-refractivity contribution in [2.24, 2.45) is 5.92 Å². The number of hydrogen-bond donors (Lipinski definition) is 0. The van der Waals surface area contributed by atoms with Crippen LogP contribution < -0.4 is 4.90 Å². The lowest BCUT2D eigenvalue weighted by molar-refractivity contribution is 0.522. The quantitative estimate of drug-likeness (QED) is 0.851. The van der Waals surface area contributed by atoms with Gasteiger partial charge in [0, 0.05) is 31.0 Å². The Morgan fingerprint density at radius 1 is 1.42 bits per heavy atom. The van der Waals surface area contributed by atoms with Crippen molar-refractivity contribution in [3.8, 4) is 0 Å². The molecule has 0 aromatic carbocycles. The highest BCUT2D eigenvalue weighted by Gasteiger charge is 2.40. The van der Waals surface area contributed by atoms with Gasteiger partial charge in [-0.1, -0.05) is 13.8 Å². The molecule has 1 aliphatic heterocycles. The molecule has 0 spiro atoms. The fraction of sp³-hybridized carbons (Fsp3) is 0.833. The monoisotopic (exact) mass is 303 g/mol. The average Bonchev–Trinajstić information content (AvgIpc) is 2.69. The summed E-state index contributed by atoms with van der Waals surface area (Å²) in [6.07, 6.45) is 0.867. The number of nitrogens with zero attached hydrogens (tertiary/aromatic N) is 3. The predicted octanol–water partition coefficient (Wildman–Crippen LogP) is 1.75. The van der Waals surface area contributed by atoms with E-state index in [1.54, 1.807) is 13.8 Å². The van der Waals surface area contributed by atoms with Gasteiger partial charge in [0.2, 0.25) is 5.13 Å². The molecular formula is C12H21N3O2S2. The summed E-state index contributed by atoms with van der Waals surface area (Å²) in [5.74, 6) is 1.58. The van der Waals surface area contributed by atoms with E-state index in [2.05, 4.69) is 23.2 Å². The van der Waals surface area contributed by atoms with Crippen LogP contribution in [0.15, 0.2) is 0 Å². The van der Waals surface area contributed by atoms with Crippen LogP contribution >= 0.6 is 11.5 Å². The zero-order valence-electron chi connectivity index (χ0n) is 11.9. The number of rotatable bonds is 3. The molecule has 1 fully saturated rings. The minimum Gasteiger partial charge on any atom is -0.344 e. The molecule has 0 bridgehead atoms. The Hall–Kier alpha value is -0.690. The van der Waals surface area contributed by atoms with Crippen LogP contribution in [0.2, 0.25) is 0 Å². The first-order valence-electron chi connectivity index (χ1n) is 6.51. The predicted molar refractivity (Wildman–Crippen MR) is 78.5 cm³/mol. The third-order valence-corrected chi connectivity index (χ3v) is 6.71. The van der Waals surface area contributed by atoms with E-state index in [-0.39, 0.29) is 5.75 Å². The minimum atomic E-state index is -3.00. The fourth-order valence-electron chi connectivity index (χ4n) is 2.13. The molecule has 0 saturated carbocycles. The third kappa shape index (κ3) is 3.08. The Kier molecular flexibility index (Phi) is 3.88. The first-order valence-corrected chi connectivity index (χ1v) is 8.94. The Balaban J connectivity index is 2.14. The van der Waals surface area contributed by atoms with Gasteiger partial charge in [-0.2, -0.15) is 4.37 Å². The van der Waals surface area contributed by atoms with Gasteiger partial charge in [-0.3, -0.25) is 0 Å². The SMILES string of the molecule is CC(C)Cc1nsc(N2CCS(=O)(=O)C(C)(C)C2)n1. The van der Waals surface area contributed by atoms with Crippen LogP contribution in [0.4, 0.5) is 5.13 Å². The van der Waals surface area contributed by atoms with Gasteiger partial charge in [0.05, 0.1) is 10.5 Å². The molecule has 19 heavy (non-hydrogen) atoms. The molecule has 7 heteroatoms. The van der Waals surface area contributed by atoms with Gasteiger partial charge in [0.15, 0.2) is 9.84 Å². The Bertz CT molecular complexity index is 549. The number of sulfone groups is 1. The van der Waals surface area contributed by atoms with Crippen molar-refractivity contribution in [2.75, 3.05) is 23.7 Å². The normalized spacial score (nSPS) is 21.8. The minimum absolute atomic E-state index is 0.194. The maximum atomic E-state index is 12.0. The highest BCUT2D eigenvalue weighted by molar-refractivity contribution is 7.92. The van der Waals surface area contributed by atoms with E-state index in [4.69, 9.17) is 0 Å². The standard InChI is InChI=1S/C12H21N3O2S2/c1-9(2)7-10-13-11(18-14-10)15-5-6-19(16,17)12(3,4)8-15/h9H,5-8H2,1-4H3. The molecule has 0 N–H and O–H groups in total. The molecule has 1 aromatic heterocycles. The third-order valence-electron chi connectivity index (χ3n) is 3.36. The van der Waals surface area contributed by atoms with Crippen LogP contribution in [0.25, 0.3) is 0 Å². The molecule has 0 radical (unpaired) electrons. The van der Waals surface area contributed by atoms with Crippen molar-refractivity contribution in [3.63, 3.8) is 0 Å². The zero-order valence-corrected chi connectivity index (χ0v) is 13.5. The van der Waals surface area contributed by atoms with Crippen LogP contribution in [-0.4, -0.2) is 41.4 Å². The second-order valence-electron chi connectivity index (χ2n) is 6.09. The lowest BCUT2D eigenvalue weighted by Gasteiger charge is -2.37. The first-order chi connectivity index (χ1) is 8.71. The van der Waals surface area contributed by atoms with Crippen LogP contribution in [0.1, 0.15) is 33.5 Å². The van der Waals surface area contributed by atoms with Crippen molar-refractivity contribution in [1.82, 2.24) is 9.36 Å². The van der Waals surface area contributed by atoms with Gasteiger partial charge in [-0.25, -0.2) is 13.4 Å². The summed E-state index contributed by atoms with van der Waals surface area (Å²) in [4.78, 5) is 6.57. The van der Waals surface area contributed by atoms with E-state index in [0.717, 1.165) is 17.4 Å². The fourth-order valence-corrected chi connectivity index (χ4v) is 4.21. The molecule has 2 rings (SSSR count). The lowest BCUT2D eigenvalue weighted by atomic mass is 10.1. The van der Waals surface area contributed by atoms with Gasteiger partial charge in [0.1, 0.15) is 5.82 Å². The lowest BCUT2D eigenvalue weighted by Crippen LogP contribution is -2.53. The second kappa shape index (κ2) is 5.01. The summed E-state index contributed by atoms with van der Waals surface area (Å²) in [5.41, 5.74) is 0. The van der Waals surface area contributed by atoms with Crippen LogP contribution in [0.5, 0.6) is 0 Å². The second-order valence-corrected chi connectivity index (χ2v) is 9.56. The molecule has 1 aromatic rings. The summed E-state index contributed by atoms with van der Waals surface area (Å²) in [7, 11) is -3.00.